The highest BCUT2D eigenvalue weighted by Gasteiger charge is 2.13. The van der Waals surface area contributed by atoms with Gasteiger partial charge in [0.1, 0.15) is 5.75 Å². The molecule has 1 atom stereocenters. The van der Waals surface area contributed by atoms with Gasteiger partial charge in [0.05, 0.1) is 7.11 Å². The van der Waals surface area contributed by atoms with E-state index in [0.29, 0.717) is 0 Å². The van der Waals surface area contributed by atoms with Gasteiger partial charge >= 0.3 is 0 Å². The molecule has 0 heterocycles. The monoisotopic (exact) mass is 348 g/mol. The van der Waals surface area contributed by atoms with Crippen molar-refractivity contribution >= 4 is 15.9 Å². The molecule has 112 valence electrons. The molecule has 0 spiro atoms. The van der Waals surface area contributed by atoms with Gasteiger partial charge in [-0.3, -0.25) is 0 Å². The molecule has 2 aromatic rings. The number of halogens is 1. The van der Waals surface area contributed by atoms with Crippen LogP contribution in [0.15, 0.2) is 46.9 Å². The van der Waals surface area contributed by atoms with Crippen molar-refractivity contribution in [3.8, 4) is 5.75 Å². The van der Waals surface area contributed by atoms with Gasteiger partial charge in [-0.05, 0) is 55.0 Å². The summed E-state index contributed by atoms with van der Waals surface area (Å²) in [6, 6.07) is 14.5. The number of aliphatic hydroxyl groups is 1. The summed E-state index contributed by atoms with van der Waals surface area (Å²) >= 11 is 3.44. The van der Waals surface area contributed by atoms with Gasteiger partial charge < -0.3 is 9.84 Å². The average molecular weight is 349 g/mol. The van der Waals surface area contributed by atoms with Crippen molar-refractivity contribution in [3.63, 3.8) is 0 Å². The quantitative estimate of drug-likeness (QED) is 0.849. The highest BCUT2D eigenvalue weighted by atomic mass is 79.9. The van der Waals surface area contributed by atoms with E-state index in [9.17, 15) is 5.11 Å². The highest BCUT2D eigenvalue weighted by Crippen LogP contribution is 2.24. The first-order valence-corrected chi connectivity index (χ1v) is 7.90. The second-order valence-corrected chi connectivity index (χ2v) is 6.31. The minimum absolute atomic E-state index is 0.174. The first-order chi connectivity index (χ1) is 10.1. The number of rotatable bonds is 6. The molecule has 0 aliphatic heterocycles. The van der Waals surface area contributed by atoms with Gasteiger partial charge in [0, 0.05) is 11.1 Å². The summed E-state index contributed by atoms with van der Waals surface area (Å²) in [5.74, 6) is 1.09. The number of ether oxygens (including phenoxy) is 1. The molecule has 0 radical (unpaired) electrons. The summed E-state index contributed by atoms with van der Waals surface area (Å²) in [4.78, 5) is 0. The van der Waals surface area contributed by atoms with Gasteiger partial charge in [-0.2, -0.15) is 0 Å². The molecule has 0 fully saturated rings. The third-order valence-corrected chi connectivity index (χ3v) is 4.17. The lowest BCUT2D eigenvalue weighted by atomic mass is 9.92. The van der Waals surface area contributed by atoms with Crippen LogP contribution in [0.2, 0.25) is 0 Å². The van der Waals surface area contributed by atoms with Crippen molar-refractivity contribution in [2.75, 3.05) is 13.7 Å². The Kier molecular flexibility index (Phi) is 5.83. The molecule has 2 nitrogen and oxygen atoms in total. The largest absolute Gasteiger partial charge is 0.496 e. The Morgan fingerprint density at radius 1 is 1.10 bits per heavy atom. The van der Waals surface area contributed by atoms with Gasteiger partial charge in [0.25, 0.3) is 0 Å². The predicted molar refractivity (Wildman–Crippen MR) is 89.9 cm³/mol. The second kappa shape index (κ2) is 7.62. The lowest BCUT2D eigenvalue weighted by molar-refractivity contribution is 0.224. The zero-order valence-electron chi connectivity index (χ0n) is 12.5. The molecule has 0 bridgehead atoms. The fourth-order valence-electron chi connectivity index (χ4n) is 2.53. The van der Waals surface area contributed by atoms with Crippen LogP contribution in [0.25, 0.3) is 0 Å². The van der Waals surface area contributed by atoms with Crippen LogP contribution < -0.4 is 4.74 Å². The molecule has 3 heteroatoms. The number of aryl methyl sites for hydroxylation is 1. The van der Waals surface area contributed by atoms with E-state index in [2.05, 4.69) is 41.1 Å². The average Bonchev–Trinajstić information content (AvgIpc) is 2.49. The van der Waals surface area contributed by atoms with Crippen LogP contribution >= 0.6 is 15.9 Å². The zero-order valence-corrected chi connectivity index (χ0v) is 14.1. The molecule has 1 unspecified atom stereocenters. The maximum atomic E-state index is 9.69. The molecule has 0 aliphatic carbocycles. The topological polar surface area (TPSA) is 29.5 Å². The smallest absolute Gasteiger partial charge is 0.122 e. The summed E-state index contributed by atoms with van der Waals surface area (Å²) < 4.78 is 6.50. The minimum atomic E-state index is 0.174. The maximum absolute atomic E-state index is 9.69. The lowest BCUT2D eigenvalue weighted by Gasteiger charge is -2.17. The van der Waals surface area contributed by atoms with Crippen LogP contribution in [0.5, 0.6) is 5.75 Å². The number of benzene rings is 2. The van der Waals surface area contributed by atoms with E-state index in [1.807, 2.05) is 24.3 Å². The third kappa shape index (κ3) is 4.58. The molecular formula is C18H21BrO2. The normalized spacial score (nSPS) is 12.2. The molecular weight excluding hydrogens is 328 g/mol. The van der Waals surface area contributed by atoms with Crippen LogP contribution in [0.1, 0.15) is 16.7 Å². The molecule has 2 aromatic carbocycles. The molecule has 0 saturated carbocycles. The van der Waals surface area contributed by atoms with Gasteiger partial charge in [0.15, 0.2) is 0 Å². The fourth-order valence-corrected chi connectivity index (χ4v) is 2.80. The van der Waals surface area contributed by atoms with Gasteiger partial charge in [-0.15, -0.1) is 0 Å². The van der Waals surface area contributed by atoms with Crippen molar-refractivity contribution in [1.82, 2.24) is 0 Å². The Morgan fingerprint density at radius 2 is 1.81 bits per heavy atom. The van der Waals surface area contributed by atoms with E-state index in [-0.39, 0.29) is 12.5 Å². The Morgan fingerprint density at radius 3 is 2.43 bits per heavy atom. The standard InChI is InChI=1S/C18H21BrO2/c1-13-3-8-18(21-2)16(9-13)11-15(12-20)10-14-4-6-17(19)7-5-14/h3-9,15,20H,10-12H2,1-2H3. The zero-order chi connectivity index (χ0) is 15.2. The summed E-state index contributed by atoms with van der Waals surface area (Å²) in [7, 11) is 1.69. The maximum Gasteiger partial charge on any atom is 0.122 e. The van der Waals surface area contributed by atoms with Gasteiger partial charge in [0.2, 0.25) is 0 Å². The van der Waals surface area contributed by atoms with Crippen molar-refractivity contribution in [2.45, 2.75) is 19.8 Å². The summed E-state index contributed by atoms with van der Waals surface area (Å²) in [6.07, 6.45) is 1.68. The van der Waals surface area contributed by atoms with Crippen molar-refractivity contribution in [1.29, 1.82) is 0 Å². The first kappa shape index (κ1) is 16.1. The SMILES string of the molecule is COc1ccc(C)cc1CC(CO)Cc1ccc(Br)cc1. The van der Waals surface area contributed by atoms with Gasteiger partial charge in [-0.1, -0.05) is 45.8 Å². The summed E-state index contributed by atoms with van der Waals surface area (Å²) in [5.41, 5.74) is 3.61. The summed E-state index contributed by atoms with van der Waals surface area (Å²) in [5, 5.41) is 9.69. The molecule has 0 saturated heterocycles. The van der Waals surface area contributed by atoms with Crippen LogP contribution in [0.3, 0.4) is 0 Å². The van der Waals surface area contributed by atoms with Crippen LogP contribution in [0, 0.1) is 12.8 Å². The molecule has 21 heavy (non-hydrogen) atoms. The Hall–Kier alpha value is -1.32. The first-order valence-electron chi connectivity index (χ1n) is 7.11. The Labute approximate surface area is 134 Å². The predicted octanol–water partition coefficient (Wildman–Crippen LogP) is 4.16. The summed E-state index contributed by atoms with van der Waals surface area (Å²) in [6.45, 7) is 2.25. The van der Waals surface area contributed by atoms with E-state index in [1.165, 1.54) is 11.1 Å². The Bertz CT molecular complexity index is 578. The molecule has 0 aromatic heterocycles. The van der Waals surface area contributed by atoms with Crippen molar-refractivity contribution in [3.05, 3.63) is 63.6 Å². The van der Waals surface area contributed by atoms with E-state index < -0.39 is 0 Å². The minimum Gasteiger partial charge on any atom is -0.496 e. The molecule has 0 amide bonds. The molecule has 2 rings (SSSR count). The van der Waals surface area contributed by atoms with E-state index in [4.69, 9.17) is 4.74 Å². The number of hydrogen-bond donors (Lipinski definition) is 1. The van der Waals surface area contributed by atoms with E-state index in [1.54, 1.807) is 7.11 Å². The van der Waals surface area contributed by atoms with E-state index >= 15 is 0 Å². The Balaban J connectivity index is 2.11. The van der Waals surface area contributed by atoms with Crippen LogP contribution in [-0.2, 0) is 12.8 Å². The van der Waals surface area contributed by atoms with Crippen LogP contribution in [0.4, 0.5) is 0 Å². The number of hydrogen-bond acceptors (Lipinski definition) is 2. The lowest BCUT2D eigenvalue weighted by Crippen LogP contribution is -2.13. The second-order valence-electron chi connectivity index (χ2n) is 5.40. The van der Waals surface area contributed by atoms with Crippen molar-refractivity contribution in [2.24, 2.45) is 5.92 Å². The third-order valence-electron chi connectivity index (χ3n) is 3.64. The van der Waals surface area contributed by atoms with Gasteiger partial charge in [-0.25, -0.2) is 0 Å². The van der Waals surface area contributed by atoms with E-state index in [0.717, 1.165) is 28.6 Å². The van der Waals surface area contributed by atoms with Crippen LogP contribution in [-0.4, -0.2) is 18.8 Å². The molecule has 0 aliphatic rings. The van der Waals surface area contributed by atoms with Crippen molar-refractivity contribution < 1.29 is 9.84 Å². The number of aliphatic hydroxyl groups excluding tert-OH is 1. The number of methoxy groups -OCH3 is 1. The molecule has 1 N–H and O–H groups in total. The fraction of sp³-hybridized carbons (Fsp3) is 0.333. The highest BCUT2D eigenvalue weighted by molar-refractivity contribution is 9.10.